The smallest absolute Gasteiger partial charge is 0.140 e. The van der Waals surface area contributed by atoms with Crippen molar-refractivity contribution in [2.45, 2.75) is 64.2 Å². The molecule has 1 heterocycles. The van der Waals surface area contributed by atoms with Crippen molar-refractivity contribution in [2.24, 2.45) is 39.9 Å². The number of aliphatic hydroxyl groups excluding tert-OH is 2. The van der Waals surface area contributed by atoms with Crippen molar-refractivity contribution in [2.75, 3.05) is 13.1 Å². The highest BCUT2D eigenvalue weighted by atomic mass is 16.3. The summed E-state index contributed by atoms with van der Waals surface area (Å²) in [5.74, 6) is 1.16. The number of ketones is 1. The highest BCUT2D eigenvalue weighted by Gasteiger charge is 2.85. The van der Waals surface area contributed by atoms with Crippen LogP contribution in [0.3, 0.4) is 0 Å². The van der Waals surface area contributed by atoms with E-state index in [1.807, 2.05) is 0 Å². The van der Waals surface area contributed by atoms with Gasteiger partial charge in [0.25, 0.3) is 0 Å². The molecular weight excluding hydrogens is 326 g/mol. The maximum atomic E-state index is 13.0. The van der Waals surface area contributed by atoms with E-state index in [1.54, 1.807) is 0 Å². The van der Waals surface area contributed by atoms with Crippen LogP contribution in [0.25, 0.3) is 0 Å². The van der Waals surface area contributed by atoms with E-state index in [4.69, 9.17) is 0 Å². The number of nitrogens with zero attached hydrogens (tertiary/aromatic N) is 1. The van der Waals surface area contributed by atoms with Crippen LogP contribution >= 0.6 is 0 Å². The molecule has 0 aromatic heterocycles. The van der Waals surface area contributed by atoms with Crippen LogP contribution in [0.5, 0.6) is 0 Å². The Morgan fingerprint density at radius 3 is 2.81 bits per heavy atom. The summed E-state index contributed by atoms with van der Waals surface area (Å²) in [6, 6.07) is 0.331. The molecule has 0 aromatic rings. The molecule has 5 saturated carbocycles. The van der Waals surface area contributed by atoms with E-state index in [1.165, 1.54) is 0 Å². The second-order valence-electron chi connectivity index (χ2n) is 10.7. The second kappa shape index (κ2) is 4.47. The van der Waals surface area contributed by atoms with Crippen LogP contribution < -0.4 is 0 Å². The monoisotopic (exact) mass is 357 g/mol. The number of carbonyl (C=O) groups is 1. The van der Waals surface area contributed by atoms with Gasteiger partial charge in [0.05, 0.1) is 12.2 Å². The first-order chi connectivity index (χ1) is 12.3. The molecule has 1 aliphatic heterocycles. The van der Waals surface area contributed by atoms with Crippen LogP contribution in [0.1, 0.15) is 46.0 Å². The number of rotatable bonds is 1. The Balaban J connectivity index is 1.62. The van der Waals surface area contributed by atoms with Gasteiger partial charge in [0.1, 0.15) is 5.78 Å². The summed E-state index contributed by atoms with van der Waals surface area (Å²) in [7, 11) is 0. The number of Topliss-reactive ketones (excluding diaryl/α,β-unsaturated/α-hetero) is 1. The van der Waals surface area contributed by atoms with Gasteiger partial charge in [-0.1, -0.05) is 20.4 Å². The van der Waals surface area contributed by atoms with Crippen molar-refractivity contribution in [3.8, 4) is 0 Å². The zero-order valence-corrected chi connectivity index (χ0v) is 15.9. The molecule has 6 aliphatic rings. The highest BCUT2D eigenvalue weighted by Crippen LogP contribution is 2.83. The lowest BCUT2D eigenvalue weighted by Crippen LogP contribution is -2.68. The molecule has 1 saturated heterocycles. The van der Waals surface area contributed by atoms with Gasteiger partial charge in [-0.05, 0) is 61.0 Å². The van der Waals surface area contributed by atoms with Crippen LogP contribution in [0.15, 0.2) is 12.2 Å². The lowest BCUT2D eigenvalue weighted by Gasteiger charge is -2.65. The summed E-state index contributed by atoms with van der Waals surface area (Å²) in [5, 5.41) is 22.8. The molecule has 7 bridgehead atoms. The van der Waals surface area contributed by atoms with E-state index in [9.17, 15) is 15.0 Å². The predicted molar refractivity (Wildman–Crippen MR) is 97.2 cm³/mol. The van der Waals surface area contributed by atoms with E-state index < -0.39 is 6.10 Å². The lowest BCUT2D eigenvalue weighted by molar-refractivity contribution is -0.211. The van der Waals surface area contributed by atoms with Crippen molar-refractivity contribution >= 4 is 5.78 Å². The zero-order chi connectivity index (χ0) is 18.2. The van der Waals surface area contributed by atoms with Gasteiger partial charge >= 0.3 is 0 Å². The van der Waals surface area contributed by atoms with E-state index >= 15 is 0 Å². The molecule has 5 aliphatic carbocycles. The molecule has 2 unspecified atom stereocenters. The largest absolute Gasteiger partial charge is 0.392 e. The number of hydrogen-bond acceptors (Lipinski definition) is 4. The minimum Gasteiger partial charge on any atom is -0.392 e. The highest BCUT2D eigenvalue weighted by molar-refractivity contribution is 5.87. The Kier molecular flexibility index (Phi) is 2.80. The van der Waals surface area contributed by atoms with Gasteiger partial charge in [0.2, 0.25) is 0 Å². The fourth-order valence-electron chi connectivity index (χ4n) is 9.75. The van der Waals surface area contributed by atoms with Gasteiger partial charge in [-0.15, -0.1) is 0 Å². The topological polar surface area (TPSA) is 60.8 Å². The molecule has 2 spiro atoms. The summed E-state index contributed by atoms with van der Waals surface area (Å²) >= 11 is 0. The molecular formula is C22H31NO3. The zero-order valence-electron chi connectivity index (χ0n) is 15.9. The van der Waals surface area contributed by atoms with Crippen LogP contribution in [0, 0.1) is 39.9 Å². The van der Waals surface area contributed by atoms with E-state index in [-0.39, 0.29) is 40.0 Å². The number of likely N-dealkylation sites (tertiary alicyclic amines) is 1. The van der Waals surface area contributed by atoms with Crippen LogP contribution in [0.4, 0.5) is 0 Å². The Hall–Kier alpha value is -0.710. The van der Waals surface area contributed by atoms with Crippen molar-refractivity contribution in [1.82, 2.24) is 4.90 Å². The quantitative estimate of drug-likeness (QED) is 0.705. The van der Waals surface area contributed by atoms with Gasteiger partial charge in [-0.25, -0.2) is 0 Å². The maximum Gasteiger partial charge on any atom is 0.140 e. The first kappa shape index (κ1) is 16.3. The normalized spacial score (nSPS) is 62.7. The van der Waals surface area contributed by atoms with Crippen molar-refractivity contribution < 1.29 is 15.0 Å². The predicted octanol–water partition coefficient (Wildman–Crippen LogP) is 2.00. The molecule has 10 atom stereocenters. The Morgan fingerprint density at radius 2 is 2.08 bits per heavy atom. The Labute approximate surface area is 155 Å². The molecule has 0 amide bonds. The fraction of sp³-hybridized carbons (Fsp3) is 0.864. The third-order valence-electron chi connectivity index (χ3n) is 10.4. The lowest BCUT2D eigenvalue weighted by atomic mass is 9.43. The molecule has 6 fully saturated rings. The standard InChI is InChI=1S/C22H31NO3/c1-4-23-10-20(3)6-5-17(25)22-15(20)7-13(18(22)23)21-9-12(11(2)19(21)26)14(24)8-16(21)22/h12-13,15-19,25-26H,2,4-10H2,1,3H3/t12-,13-,15-,16-,17?,18?,19+,20-,21-,22-/m0/s1. The van der Waals surface area contributed by atoms with Crippen molar-refractivity contribution in [1.29, 1.82) is 0 Å². The minimum atomic E-state index is -0.561. The molecule has 0 radical (unpaired) electrons. The number of fused-ring (bicyclic) bond motifs is 1. The van der Waals surface area contributed by atoms with E-state index in [0.29, 0.717) is 24.3 Å². The first-order valence-corrected chi connectivity index (χ1v) is 10.6. The number of carbonyl (C=O) groups excluding carboxylic acids is 1. The number of hydrogen-bond donors (Lipinski definition) is 2. The summed E-state index contributed by atoms with van der Waals surface area (Å²) in [5.41, 5.74) is 0.598. The molecule has 2 N–H and O–H groups in total. The number of aliphatic hydroxyl groups is 2. The summed E-state index contributed by atoms with van der Waals surface area (Å²) < 4.78 is 0. The van der Waals surface area contributed by atoms with Gasteiger partial charge in [-0.2, -0.15) is 0 Å². The maximum absolute atomic E-state index is 13.0. The SMILES string of the molecule is C=C1[C@@H]2C[C@@]3([C@@H]1O)[C@H](CC2=O)[C@@]12C(O)CC[C@@]4(C)CN(CC)C1[C@@H]3C[C@@H]42. The van der Waals surface area contributed by atoms with Gasteiger partial charge in [0, 0.05) is 35.8 Å². The average molecular weight is 357 g/mol. The molecule has 6 rings (SSSR count). The fourth-order valence-corrected chi connectivity index (χ4v) is 9.75. The molecule has 0 aromatic carbocycles. The van der Waals surface area contributed by atoms with E-state index in [2.05, 4.69) is 25.3 Å². The molecule has 4 heteroatoms. The summed E-state index contributed by atoms with van der Waals surface area (Å²) in [6.45, 7) is 10.9. The summed E-state index contributed by atoms with van der Waals surface area (Å²) in [6.07, 6.45) is 3.50. The van der Waals surface area contributed by atoms with Gasteiger partial charge in [-0.3, -0.25) is 9.69 Å². The van der Waals surface area contributed by atoms with E-state index in [0.717, 1.165) is 44.3 Å². The van der Waals surface area contributed by atoms with Crippen molar-refractivity contribution in [3.05, 3.63) is 12.2 Å². The number of piperidine rings is 1. The summed E-state index contributed by atoms with van der Waals surface area (Å²) in [4.78, 5) is 15.6. The van der Waals surface area contributed by atoms with Crippen LogP contribution in [-0.4, -0.2) is 52.2 Å². The third kappa shape index (κ3) is 1.33. The van der Waals surface area contributed by atoms with Crippen LogP contribution in [-0.2, 0) is 4.79 Å². The Morgan fingerprint density at radius 1 is 1.31 bits per heavy atom. The average Bonchev–Trinajstić information content (AvgIpc) is 3.14. The molecule has 142 valence electrons. The van der Waals surface area contributed by atoms with Crippen molar-refractivity contribution in [3.63, 3.8) is 0 Å². The second-order valence-corrected chi connectivity index (χ2v) is 10.7. The Bertz CT molecular complexity index is 735. The van der Waals surface area contributed by atoms with Crippen LogP contribution in [0.2, 0.25) is 0 Å². The molecule has 26 heavy (non-hydrogen) atoms. The third-order valence-corrected chi connectivity index (χ3v) is 10.4. The minimum absolute atomic E-state index is 0.130. The first-order valence-electron chi connectivity index (χ1n) is 10.6. The van der Waals surface area contributed by atoms with Gasteiger partial charge < -0.3 is 10.2 Å². The van der Waals surface area contributed by atoms with Gasteiger partial charge in [0.15, 0.2) is 0 Å². The molecule has 4 nitrogen and oxygen atoms in total.